The van der Waals surface area contributed by atoms with Crippen molar-refractivity contribution in [3.8, 4) is 11.5 Å². The fourth-order valence-electron chi connectivity index (χ4n) is 2.28. The van der Waals surface area contributed by atoms with E-state index in [2.05, 4.69) is 15.1 Å². The van der Waals surface area contributed by atoms with Gasteiger partial charge in [-0.3, -0.25) is 4.79 Å². The summed E-state index contributed by atoms with van der Waals surface area (Å²) in [6.07, 6.45) is 3.24. The van der Waals surface area contributed by atoms with Crippen LogP contribution in [0, 0.1) is 0 Å². The second kappa shape index (κ2) is 7.40. The first-order valence-corrected chi connectivity index (χ1v) is 8.76. The Labute approximate surface area is 152 Å². The van der Waals surface area contributed by atoms with Gasteiger partial charge >= 0.3 is 5.97 Å². The molecular weight excluding hydrogens is 354 g/mol. The number of benzene rings is 1. The third-order valence-electron chi connectivity index (χ3n) is 3.47. The number of hydrogen-bond acceptors (Lipinski definition) is 8. The van der Waals surface area contributed by atoms with Crippen LogP contribution in [0.4, 0.5) is 0 Å². The van der Waals surface area contributed by atoms with E-state index in [4.69, 9.17) is 13.7 Å². The number of thioether (sulfide) groups is 1. The lowest BCUT2D eigenvalue weighted by atomic mass is 10.2. The zero-order chi connectivity index (χ0) is 17.8. The van der Waals surface area contributed by atoms with Crippen LogP contribution in [0.2, 0.25) is 0 Å². The minimum Gasteiger partial charge on any atom is -0.458 e. The Kier molecular flexibility index (Phi) is 4.65. The second-order valence-corrected chi connectivity index (χ2v) is 6.25. The van der Waals surface area contributed by atoms with Crippen molar-refractivity contribution in [3.63, 3.8) is 0 Å². The summed E-state index contributed by atoms with van der Waals surface area (Å²) in [5.41, 5.74) is 1.28. The first-order chi connectivity index (χ1) is 12.8. The van der Waals surface area contributed by atoms with E-state index in [1.54, 1.807) is 24.5 Å². The number of ether oxygens (including phenoxy) is 1. The van der Waals surface area contributed by atoms with Gasteiger partial charge < -0.3 is 13.7 Å². The minimum absolute atomic E-state index is 0.0266. The summed E-state index contributed by atoms with van der Waals surface area (Å²) < 4.78 is 16.2. The van der Waals surface area contributed by atoms with Gasteiger partial charge in [0.2, 0.25) is 5.76 Å². The largest absolute Gasteiger partial charge is 0.458 e. The van der Waals surface area contributed by atoms with Gasteiger partial charge in [0.15, 0.2) is 10.9 Å². The van der Waals surface area contributed by atoms with Gasteiger partial charge in [0.25, 0.3) is 0 Å². The molecule has 130 valence electrons. The van der Waals surface area contributed by atoms with Crippen molar-refractivity contribution in [2.45, 2.75) is 11.8 Å². The molecule has 0 unspecified atom stereocenters. The summed E-state index contributed by atoms with van der Waals surface area (Å²) in [5, 5.41) is 5.41. The lowest BCUT2D eigenvalue weighted by molar-refractivity contribution is -0.141. The molecule has 8 heteroatoms. The van der Waals surface area contributed by atoms with Gasteiger partial charge in [-0.2, -0.15) is 0 Å². The zero-order valence-corrected chi connectivity index (χ0v) is 14.3. The SMILES string of the molecule is O=C(CSc1ncccn1)OCc1cc(-c2cc3ccccc3o2)on1. The van der Waals surface area contributed by atoms with Gasteiger partial charge in [-0.1, -0.05) is 35.1 Å². The third kappa shape index (κ3) is 3.75. The topological polar surface area (TPSA) is 91.2 Å². The summed E-state index contributed by atoms with van der Waals surface area (Å²) in [6.45, 7) is 0.0266. The van der Waals surface area contributed by atoms with Crippen molar-refractivity contribution >= 4 is 28.7 Å². The van der Waals surface area contributed by atoms with Crippen LogP contribution < -0.4 is 0 Å². The van der Waals surface area contributed by atoms with Gasteiger partial charge in [-0.05, 0) is 18.2 Å². The molecule has 0 amide bonds. The number of esters is 1. The van der Waals surface area contributed by atoms with Crippen LogP contribution in [0.15, 0.2) is 69.0 Å². The molecule has 4 rings (SSSR count). The van der Waals surface area contributed by atoms with Crippen LogP contribution in [0.1, 0.15) is 5.69 Å². The third-order valence-corrected chi connectivity index (χ3v) is 4.32. The Morgan fingerprint density at radius 2 is 1.92 bits per heavy atom. The molecule has 0 atom stereocenters. The smallest absolute Gasteiger partial charge is 0.316 e. The monoisotopic (exact) mass is 367 g/mol. The fraction of sp³-hybridized carbons (Fsp3) is 0.111. The van der Waals surface area contributed by atoms with Crippen LogP contribution in [0.3, 0.4) is 0 Å². The maximum atomic E-state index is 11.8. The summed E-state index contributed by atoms with van der Waals surface area (Å²) in [7, 11) is 0. The Morgan fingerprint density at radius 1 is 1.08 bits per heavy atom. The van der Waals surface area contributed by atoms with E-state index in [0.717, 1.165) is 11.0 Å². The molecule has 0 bridgehead atoms. The highest BCUT2D eigenvalue weighted by Crippen LogP contribution is 2.28. The maximum Gasteiger partial charge on any atom is 0.316 e. The molecule has 0 fully saturated rings. The van der Waals surface area contributed by atoms with Gasteiger partial charge in [-0.15, -0.1) is 0 Å². The van der Waals surface area contributed by atoms with Crippen molar-refractivity contribution in [1.29, 1.82) is 0 Å². The van der Waals surface area contributed by atoms with Crippen molar-refractivity contribution in [2.24, 2.45) is 0 Å². The van der Waals surface area contributed by atoms with E-state index < -0.39 is 0 Å². The molecule has 4 aromatic rings. The van der Waals surface area contributed by atoms with Crippen LogP contribution in [0.25, 0.3) is 22.5 Å². The van der Waals surface area contributed by atoms with Gasteiger partial charge in [0.05, 0.1) is 5.75 Å². The molecule has 0 aliphatic rings. The summed E-state index contributed by atoms with van der Waals surface area (Å²) in [6, 6.07) is 13.0. The van der Waals surface area contributed by atoms with Crippen molar-refractivity contribution in [2.75, 3.05) is 5.75 Å². The summed E-state index contributed by atoms with van der Waals surface area (Å²) in [4.78, 5) is 19.9. The van der Waals surface area contributed by atoms with Crippen LogP contribution in [-0.4, -0.2) is 26.8 Å². The molecule has 0 radical (unpaired) electrons. The molecule has 3 heterocycles. The highest BCUT2D eigenvalue weighted by atomic mass is 32.2. The molecule has 3 aromatic heterocycles. The standard InChI is InChI=1S/C18H13N3O4S/c22-17(11-26-18-19-6-3-7-20-18)23-10-13-9-16(25-21-13)15-8-12-4-1-2-5-14(12)24-15/h1-9H,10-11H2. The van der Waals surface area contributed by atoms with Gasteiger partial charge in [0.1, 0.15) is 17.9 Å². The number of fused-ring (bicyclic) bond motifs is 1. The van der Waals surface area contributed by atoms with E-state index in [9.17, 15) is 4.79 Å². The second-order valence-electron chi connectivity index (χ2n) is 5.31. The van der Waals surface area contributed by atoms with E-state index in [1.807, 2.05) is 30.3 Å². The van der Waals surface area contributed by atoms with E-state index in [-0.39, 0.29) is 18.3 Å². The fourth-order valence-corrected chi connectivity index (χ4v) is 2.88. The maximum absolute atomic E-state index is 11.8. The Morgan fingerprint density at radius 3 is 2.77 bits per heavy atom. The molecule has 1 aromatic carbocycles. The minimum atomic E-state index is -0.379. The molecule has 0 spiro atoms. The molecule has 0 aliphatic heterocycles. The number of hydrogen-bond donors (Lipinski definition) is 0. The van der Waals surface area contributed by atoms with Crippen LogP contribution >= 0.6 is 11.8 Å². The Balaban J connectivity index is 1.34. The number of furan rings is 1. The molecule has 26 heavy (non-hydrogen) atoms. The van der Waals surface area contributed by atoms with Gasteiger partial charge in [0, 0.05) is 23.8 Å². The predicted octanol–water partition coefficient (Wildman–Crippen LogP) is 3.71. The number of carbonyl (C=O) groups is 1. The highest BCUT2D eigenvalue weighted by Gasteiger charge is 2.13. The quantitative estimate of drug-likeness (QED) is 0.289. The molecule has 0 saturated heterocycles. The zero-order valence-electron chi connectivity index (χ0n) is 13.5. The molecule has 0 saturated carbocycles. The number of carbonyl (C=O) groups excluding carboxylic acids is 1. The first kappa shape index (κ1) is 16.3. The van der Waals surface area contributed by atoms with E-state index in [0.29, 0.717) is 22.4 Å². The number of para-hydroxylation sites is 1. The molecule has 7 nitrogen and oxygen atoms in total. The van der Waals surface area contributed by atoms with Crippen LogP contribution in [0.5, 0.6) is 0 Å². The lowest BCUT2D eigenvalue weighted by Gasteiger charge is -2.01. The molecular formula is C18H13N3O4S. The first-order valence-electron chi connectivity index (χ1n) is 7.78. The van der Waals surface area contributed by atoms with Crippen molar-refractivity contribution in [3.05, 3.63) is 60.6 Å². The number of rotatable bonds is 6. The molecule has 0 aliphatic carbocycles. The highest BCUT2D eigenvalue weighted by molar-refractivity contribution is 7.99. The van der Waals surface area contributed by atoms with E-state index in [1.165, 1.54) is 11.8 Å². The average Bonchev–Trinajstić information content (AvgIpc) is 3.32. The number of nitrogens with zero attached hydrogens (tertiary/aromatic N) is 3. The van der Waals surface area contributed by atoms with E-state index >= 15 is 0 Å². The van der Waals surface area contributed by atoms with Crippen molar-refractivity contribution in [1.82, 2.24) is 15.1 Å². The lowest BCUT2D eigenvalue weighted by Crippen LogP contribution is -2.07. The Hall–Kier alpha value is -3.13. The normalized spacial score (nSPS) is 10.9. The predicted molar refractivity (Wildman–Crippen MR) is 94.3 cm³/mol. The van der Waals surface area contributed by atoms with Crippen molar-refractivity contribution < 1.29 is 18.5 Å². The van der Waals surface area contributed by atoms with Gasteiger partial charge in [-0.25, -0.2) is 9.97 Å². The Bertz CT molecular complexity index is 996. The summed E-state index contributed by atoms with van der Waals surface area (Å²) in [5.74, 6) is 0.807. The van der Waals surface area contributed by atoms with Crippen LogP contribution in [-0.2, 0) is 16.1 Å². The average molecular weight is 367 g/mol. The summed E-state index contributed by atoms with van der Waals surface area (Å²) >= 11 is 1.21. The molecule has 0 N–H and O–H groups in total. The number of aromatic nitrogens is 3.